The summed E-state index contributed by atoms with van der Waals surface area (Å²) in [6.07, 6.45) is 13.1. The predicted octanol–water partition coefficient (Wildman–Crippen LogP) is 8.64. The molecule has 0 bridgehead atoms. The highest BCUT2D eigenvalue weighted by Crippen LogP contribution is 2.69. The molecule has 0 radical (unpaired) electrons. The minimum atomic E-state index is -3.68. The van der Waals surface area contributed by atoms with E-state index in [4.69, 9.17) is 0 Å². The summed E-state index contributed by atoms with van der Waals surface area (Å²) in [7, 11) is -3.68. The third kappa shape index (κ3) is 5.53. The van der Waals surface area contributed by atoms with Gasteiger partial charge in [0.05, 0.1) is 11.0 Å². The van der Waals surface area contributed by atoms with E-state index in [0.29, 0.717) is 40.4 Å². The maximum absolute atomic E-state index is 13.2. The van der Waals surface area contributed by atoms with Crippen molar-refractivity contribution < 1.29 is 18.3 Å². The van der Waals surface area contributed by atoms with Gasteiger partial charge in [-0.15, -0.1) is 0 Å². The largest absolute Gasteiger partial charge is 0.393 e. The van der Waals surface area contributed by atoms with Gasteiger partial charge in [-0.25, -0.2) is 8.42 Å². The number of aliphatic hydroxyl groups is 1. The number of Topliss-reactive ketones (excluding diaryl/α,β-unsaturated/α-hetero) is 1. The molecule has 0 amide bonds. The second kappa shape index (κ2) is 11.9. The van der Waals surface area contributed by atoms with E-state index in [-0.39, 0.29) is 16.8 Å². The maximum Gasteiger partial charge on any atom is 0.186 e. The van der Waals surface area contributed by atoms with Gasteiger partial charge in [-0.3, -0.25) is 4.79 Å². The Hall–Kier alpha value is -1.72. The summed E-state index contributed by atoms with van der Waals surface area (Å²) in [6, 6.07) is 12.8. The fraction of sp³-hybridized carbons (Fsp3) is 0.711. The summed E-state index contributed by atoms with van der Waals surface area (Å²) in [4.78, 5) is 13.2. The van der Waals surface area contributed by atoms with Gasteiger partial charge in [-0.05, 0) is 121 Å². The average Bonchev–Trinajstić information content (AvgIpc) is 3.34. The molecule has 0 saturated heterocycles. The van der Waals surface area contributed by atoms with Crippen LogP contribution in [0.2, 0.25) is 0 Å². The van der Waals surface area contributed by atoms with Gasteiger partial charge in [0, 0.05) is 11.8 Å². The first kappa shape index (κ1) is 31.3. The van der Waals surface area contributed by atoms with Gasteiger partial charge < -0.3 is 5.11 Å². The van der Waals surface area contributed by atoms with Crippen LogP contribution in [0.5, 0.6) is 0 Å². The molecule has 4 aliphatic rings. The Morgan fingerprint density at radius 2 is 1.65 bits per heavy atom. The summed E-state index contributed by atoms with van der Waals surface area (Å²) in [5.41, 5.74) is 0.762. The number of sulfone groups is 1. The Bertz CT molecular complexity index is 1430. The van der Waals surface area contributed by atoms with Crippen molar-refractivity contribution in [1.29, 1.82) is 0 Å². The van der Waals surface area contributed by atoms with Crippen LogP contribution in [0.15, 0.2) is 47.4 Å². The molecule has 1 N–H and O–H groups in total. The Kier molecular flexibility index (Phi) is 8.65. The Labute approximate surface area is 260 Å². The molecule has 6 rings (SSSR count). The third-order valence-corrected chi connectivity index (χ3v) is 15.4. The second-order valence-electron chi connectivity index (χ2n) is 15.7. The van der Waals surface area contributed by atoms with E-state index in [9.17, 15) is 18.3 Å². The van der Waals surface area contributed by atoms with Crippen molar-refractivity contribution in [2.45, 2.75) is 116 Å². The molecule has 2 aromatic rings. The minimum absolute atomic E-state index is 0.0977. The van der Waals surface area contributed by atoms with Crippen molar-refractivity contribution in [3.63, 3.8) is 0 Å². The number of aliphatic hydroxyl groups excluding tert-OH is 1. The molecule has 0 unspecified atom stereocenters. The van der Waals surface area contributed by atoms with Crippen LogP contribution in [0.1, 0.15) is 105 Å². The van der Waals surface area contributed by atoms with Crippen LogP contribution in [0.25, 0.3) is 10.8 Å². The van der Waals surface area contributed by atoms with Gasteiger partial charge in [0.15, 0.2) is 9.84 Å². The SMILES string of the molecule is CC[C@H]1C[C@@H]2[C@H](CC[C@]3(C)[C@@H]([C@H](C)CCCC(=O)CS(=O)(=O)c4cccc5ccccc45)CC[C@@H]23)[C@@]2(C)CC[C@@H](O)C[C@@H]12. The Morgan fingerprint density at radius 3 is 2.44 bits per heavy atom. The summed E-state index contributed by atoms with van der Waals surface area (Å²) >= 11 is 0. The molecule has 5 heteroatoms. The lowest BCUT2D eigenvalue weighted by molar-refractivity contribution is -0.152. The number of ketones is 1. The molecule has 4 saturated carbocycles. The highest BCUT2D eigenvalue weighted by molar-refractivity contribution is 7.92. The molecular formula is C38H54O4S. The van der Waals surface area contributed by atoms with Crippen LogP contribution in [0.3, 0.4) is 0 Å². The lowest BCUT2D eigenvalue weighted by Gasteiger charge is -2.63. The zero-order valence-electron chi connectivity index (χ0n) is 26.9. The molecule has 0 aliphatic heterocycles. The molecular weight excluding hydrogens is 552 g/mol. The van der Waals surface area contributed by atoms with Crippen LogP contribution in [0, 0.1) is 52.3 Å². The number of benzene rings is 2. The van der Waals surface area contributed by atoms with Crippen molar-refractivity contribution in [1.82, 2.24) is 0 Å². The first-order valence-electron chi connectivity index (χ1n) is 17.4. The van der Waals surface area contributed by atoms with E-state index in [2.05, 4.69) is 27.7 Å². The lowest BCUT2D eigenvalue weighted by atomic mass is 9.42. The standard InChI is InChI=1S/C38H54O4S/c1-5-26-22-31-33-17-16-32(37(33,3)21-19-34(31)38(4)20-18-28(39)23-35(26)38)25(2)10-8-13-29(40)24-43(41,42)36-15-9-12-27-11-6-7-14-30(27)36/h6-7,9,11-12,14-15,25-26,28,31-35,39H,5,8,10,13,16-24H2,1-4H3/t25-,26+,28-,31+,32-,33+,34+,35+,37-,38-/m1/s1. The van der Waals surface area contributed by atoms with Crippen molar-refractivity contribution in [3.8, 4) is 0 Å². The van der Waals surface area contributed by atoms with E-state index >= 15 is 0 Å². The Balaban J connectivity index is 1.07. The number of fused-ring (bicyclic) bond motifs is 6. The molecule has 0 aromatic heterocycles. The fourth-order valence-corrected chi connectivity index (χ4v) is 13.1. The monoisotopic (exact) mass is 606 g/mol. The van der Waals surface area contributed by atoms with Crippen molar-refractivity contribution in [2.75, 3.05) is 5.75 Å². The quantitative estimate of drug-likeness (QED) is 0.310. The van der Waals surface area contributed by atoms with Gasteiger partial charge in [-0.2, -0.15) is 0 Å². The fourth-order valence-electron chi connectivity index (χ4n) is 11.6. The predicted molar refractivity (Wildman–Crippen MR) is 174 cm³/mol. The van der Waals surface area contributed by atoms with Crippen LogP contribution in [0.4, 0.5) is 0 Å². The molecule has 2 aromatic carbocycles. The van der Waals surface area contributed by atoms with Crippen LogP contribution in [-0.4, -0.2) is 31.2 Å². The van der Waals surface area contributed by atoms with Gasteiger partial charge in [-0.1, -0.05) is 76.9 Å². The first-order valence-corrected chi connectivity index (χ1v) is 19.0. The van der Waals surface area contributed by atoms with Crippen LogP contribution >= 0.6 is 0 Å². The van der Waals surface area contributed by atoms with Crippen molar-refractivity contribution in [2.24, 2.45) is 52.3 Å². The van der Waals surface area contributed by atoms with E-state index in [0.717, 1.165) is 54.7 Å². The third-order valence-electron chi connectivity index (χ3n) is 13.7. The molecule has 0 heterocycles. The van der Waals surface area contributed by atoms with Crippen LogP contribution in [-0.2, 0) is 14.6 Å². The van der Waals surface area contributed by atoms with E-state index in [1.165, 1.54) is 44.9 Å². The highest BCUT2D eigenvalue weighted by atomic mass is 32.2. The summed E-state index contributed by atoms with van der Waals surface area (Å²) < 4.78 is 26.4. The number of rotatable bonds is 9. The van der Waals surface area contributed by atoms with E-state index < -0.39 is 15.6 Å². The molecule has 0 spiro atoms. The smallest absolute Gasteiger partial charge is 0.186 e. The minimum Gasteiger partial charge on any atom is -0.393 e. The lowest BCUT2D eigenvalue weighted by Crippen LogP contribution is -2.56. The number of hydrogen-bond donors (Lipinski definition) is 1. The number of carbonyl (C=O) groups excluding carboxylic acids is 1. The van der Waals surface area contributed by atoms with E-state index in [1.807, 2.05) is 30.3 Å². The van der Waals surface area contributed by atoms with E-state index in [1.54, 1.807) is 12.1 Å². The maximum atomic E-state index is 13.2. The number of carbonyl (C=O) groups is 1. The van der Waals surface area contributed by atoms with Gasteiger partial charge >= 0.3 is 0 Å². The Morgan fingerprint density at radius 1 is 0.930 bits per heavy atom. The van der Waals surface area contributed by atoms with Crippen molar-refractivity contribution in [3.05, 3.63) is 42.5 Å². The zero-order valence-corrected chi connectivity index (χ0v) is 27.7. The average molecular weight is 607 g/mol. The molecule has 10 atom stereocenters. The first-order chi connectivity index (χ1) is 20.5. The van der Waals surface area contributed by atoms with Crippen LogP contribution < -0.4 is 0 Å². The van der Waals surface area contributed by atoms with Gasteiger partial charge in [0.1, 0.15) is 11.5 Å². The topological polar surface area (TPSA) is 71.4 Å². The molecule has 4 aliphatic carbocycles. The van der Waals surface area contributed by atoms with Gasteiger partial charge in [0.2, 0.25) is 0 Å². The summed E-state index contributed by atoms with van der Waals surface area (Å²) in [5, 5.41) is 12.1. The molecule has 4 fully saturated rings. The number of hydrogen-bond acceptors (Lipinski definition) is 4. The summed E-state index contributed by atoms with van der Waals surface area (Å²) in [6.45, 7) is 9.97. The summed E-state index contributed by atoms with van der Waals surface area (Å²) in [5.74, 6) is 4.52. The highest BCUT2D eigenvalue weighted by Gasteiger charge is 2.62. The molecule has 236 valence electrons. The van der Waals surface area contributed by atoms with Crippen molar-refractivity contribution >= 4 is 26.4 Å². The van der Waals surface area contributed by atoms with Gasteiger partial charge in [0.25, 0.3) is 0 Å². The zero-order chi connectivity index (χ0) is 30.6. The molecule has 43 heavy (non-hydrogen) atoms. The second-order valence-corrected chi connectivity index (χ2v) is 17.7. The molecule has 4 nitrogen and oxygen atoms in total. The normalized spacial score (nSPS) is 38.2.